The minimum Gasteiger partial charge on any atom is -0.362 e. The van der Waals surface area contributed by atoms with Gasteiger partial charge in [-0.05, 0) is 39.7 Å². The molecule has 11 heavy (non-hydrogen) atoms. The maximum absolute atomic E-state index is 5.12. The van der Waals surface area contributed by atoms with Gasteiger partial charge in [0.05, 0.1) is 5.71 Å². The molecule has 0 aliphatic heterocycles. The van der Waals surface area contributed by atoms with Gasteiger partial charge < -0.3 is 4.84 Å². The molecule has 2 nitrogen and oxygen atoms in total. The van der Waals surface area contributed by atoms with Crippen LogP contribution in [0.1, 0.15) is 41.0 Å². The molecule has 0 aliphatic carbocycles. The Morgan fingerprint density at radius 1 is 1.18 bits per heavy atom. The van der Waals surface area contributed by atoms with Crippen molar-refractivity contribution in [1.29, 1.82) is 0 Å². The van der Waals surface area contributed by atoms with Crippen molar-refractivity contribution in [2.75, 3.05) is 0 Å². The third kappa shape index (κ3) is 4.59. The molecule has 0 aliphatic rings. The lowest BCUT2D eigenvalue weighted by Crippen LogP contribution is -1.88. The lowest BCUT2D eigenvalue weighted by molar-refractivity contribution is 0.224. The first-order chi connectivity index (χ1) is 5.07. The van der Waals surface area contributed by atoms with E-state index in [4.69, 9.17) is 4.84 Å². The summed E-state index contributed by atoms with van der Waals surface area (Å²) in [5.41, 5.74) is 2.18. The van der Waals surface area contributed by atoms with Crippen LogP contribution in [0.2, 0.25) is 0 Å². The molecular formula is C9H17NO. The fourth-order valence-corrected chi connectivity index (χ4v) is 0.487. The van der Waals surface area contributed by atoms with Crippen molar-refractivity contribution in [2.24, 2.45) is 5.16 Å². The van der Waals surface area contributed by atoms with Crippen molar-refractivity contribution in [3.05, 3.63) is 11.3 Å². The smallest absolute Gasteiger partial charge is 0.130 e. The molecule has 0 unspecified atom stereocenters. The quantitative estimate of drug-likeness (QED) is 0.348. The Morgan fingerprint density at radius 3 is 2.09 bits per heavy atom. The summed E-state index contributed by atoms with van der Waals surface area (Å²) in [7, 11) is 0. The first-order valence-corrected chi connectivity index (χ1v) is 3.92. The Hall–Kier alpha value is -0.790. The van der Waals surface area contributed by atoms with Gasteiger partial charge in [-0.3, -0.25) is 0 Å². The first kappa shape index (κ1) is 10.2. The third-order valence-electron chi connectivity index (χ3n) is 1.50. The second-order valence-corrected chi connectivity index (χ2v) is 2.82. The van der Waals surface area contributed by atoms with E-state index in [9.17, 15) is 0 Å². The summed E-state index contributed by atoms with van der Waals surface area (Å²) >= 11 is 0. The molecule has 0 N–H and O–H groups in total. The van der Waals surface area contributed by atoms with Gasteiger partial charge in [-0.25, -0.2) is 0 Å². The summed E-state index contributed by atoms with van der Waals surface area (Å²) < 4.78 is 0. The van der Waals surface area contributed by atoms with Crippen molar-refractivity contribution in [2.45, 2.75) is 41.0 Å². The van der Waals surface area contributed by atoms with E-state index < -0.39 is 0 Å². The van der Waals surface area contributed by atoms with Gasteiger partial charge >= 0.3 is 0 Å². The lowest BCUT2D eigenvalue weighted by atomic mass is 10.2. The standard InChI is InChI=1S/C9H17NO/c1-6-8(4)9(5)11-10-7(2)3/h6H2,1-5H3/b9-8+. The lowest BCUT2D eigenvalue weighted by Gasteiger charge is -2.02. The molecular weight excluding hydrogens is 138 g/mol. The molecule has 0 radical (unpaired) electrons. The highest BCUT2D eigenvalue weighted by atomic mass is 16.6. The maximum Gasteiger partial charge on any atom is 0.130 e. The molecule has 0 saturated heterocycles. The van der Waals surface area contributed by atoms with E-state index in [-0.39, 0.29) is 0 Å². The second-order valence-electron chi connectivity index (χ2n) is 2.82. The van der Waals surface area contributed by atoms with E-state index in [1.165, 1.54) is 5.57 Å². The SMILES string of the molecule is CC/C(C)=C(\C)ON=C(C)C. The van der Waals surface area contributed by atoms with Crippen LogP contribution in [-0.2, 0) is 4.84 Å². The number of oxime groups is 1. The van der Waals surface area contributed by atoms with Gasteiger partial charge in [-0.15, -0.1) is 0 Å². The van der Waals surface area contributed by atoms with Gasteiger partial charge in [0.1, 0.15) is 5.76 Å². The van der Waals surface area contributed by atoms with Crippen LogP contribution in [0.4, 0.5) is 0 Å². The van der Waals surface area contributed by atoms with Crippen LogP contribution in [0.3, 0.4) is 0 Å². The summed E-state index contributed by atoms with van der Waals surface area (Å²) in [6.45, 7) is 9.91. The topological polar surface area (TPSA) is 21.6 Å². The van der Waals surface area contributed by atoms with E-state index in [2.05, 4.69) is 19.0 Å². The molecule has 0 heterocycles. The largest absolute Gasteiger partial charge is 0.362 e. The minimum absolute atomic E-state index is 0.911. The zero-order valence-electron chi connectivity index (χ0n) is 8.06. The summed E-state index contributed by atoms with van der Waals surface area (Å²) in [5.74, 6) is 0.911. The molecule has 0 bridgehead atoms. The summed E-state index contributed by atoms with van der Waals surface area (Å²) in [4.78, 5) is 5.12. The molecule has 64 valence electrons. The number of rotatable bonds is 3. The van der Waals surface area contributed by atoms with Gasteiger partial charge in [-0.2, -0.15) is 0 Å². The van der Waals surface area contributed by atoms with Crippen molar-refractivity contribution >= 4 is 5.71 Å². The molecule has 0 atom stereocenters. The molecule has 0 saturated carbocycles. The number of nitrogens with zero attached hydrogens (tertiary/aromatic N) is 1. The fourth-order valence-electron chi connectivity index (χ4n) is 0.487. The summed E-state index contributed by atoms with van der Waals surface area (Å²) in [6, 6.07) is 0. The van der Waals surface area contributed by atoms with Crippen LogP contribution in [0, 0.1) is 0 Å². The Kier molecular flexibility index (Phi) is 4.59. The molecule has 2 heteroatoms. The average molecular weight is 155 g/mol. The van der Waals surface area contributed by atoms with Crippen LogP contribution in [0.25, 0.3) is 0 Å². The van der Waals surface area contributed by atoms with Gasteiger partial charge in [0.2, 0.25) is 0 Å². The van der Waals surface area contributed by atoms with E-state index in [0.717, 1.165) is 17.9 Å². The molecule has 0 amide bonds. The summed E-state index contributed by atoms with van der Waals surface area (Å²) in [5, 5.41) is 3.85. The Balaban J connectivity index is 4.06. The van der Waals surface area contributed by atoms with Gasteiger partial charge in [0, 0.05) is 0 Å². The Morgan fingerprint density at radius 2 is 1.73 bits per heavy atom. The molecule has 0 aromatic carbocycles. The predicted octanol–water partition coefficient (Wildman–Crippen LogP) is 3.10. The number of hydrogen-bond donors (Lipinski definition) is 0. The van der Waals surface area contributed by atoms with Crippen molar-refractivity contribution in [3.8, 4) is 0 Å². The van der Waals surface area contributed by atoms with Crippen molar-refractivity contribution in [1.82, 2.24) is 0 Å². The molecule has 0 aromatic heterocycles. The van der Waals surface area contributed by atoms with Crippen molar-refractivity contribution in [3.63, 3.8) is 0 Å². The number of hydrogen-bond acceptors (Lipinski definition) is 2. The molecule has 0 aromatic rings. The van der Waals surface area contributed by atoms with E-state index >= 15 is 0 Å². The monoisotopic (exact) mass is 155 g/mol. The first-order valence-electron chi connectivity index (χ1n) is 3.92. The molecule has 0 fully saturated rings. The zero-order chi connectivity index (χ0) is 8.85. The number of allylic oxidation sites excluding steroid dienone is 2. The highest BCUT2D eigenvalue weighted by Crippen LogP contribution is 2.08. The van der Waals surface area contributed by atoms with E-state index in [0.29, 0.717) is 0 Å². The van der Waals surface area contributed by atoms with E-state index in [1.807, 2.05) is 20.8 Å². The molecule has 0 rings (SSSR count). The highest BCUT2D eigenvalue weighted by molar-refractivity contribution is 5.78. The highest BCUT2D eigenvalue weighted by Gasteiger charge is 1.93. The van der Waals surface area contributed by atoms with Crippen LogP contribution >= 0.6 is 0 Å². The fraction of sp³-hybridized carbons (Fsp3) is 0.667. The second kappa shape index (κ2) is 4.94. The van der Waals surface area contributed by atoms with Crippen molar-refractivity contribution < 1.29 is 4.84 Å². The Bertz CT molecular complexity index is 176. The maximum atomic E-state index is 5.12. The van der Waals surface area contributed by atoms with Crippen LogP contribution in [0.5, 0.6) is 0 Å². The van der Waals surface area contributed by atoms with Crippen LogP contribution in [-0.4, -0.2) is 5.71 Å². The summed E-state index contributed by atoms with van der Waals surface area (Å²) in [6.07, 6.45) is 1.02. The van der Waals surface area contributed by atoms with Gasteiger partial charge in [0.25, 0.3) is 0 Å². The predicted molar refractivity (Wildman–Crippen MR) is 48.5 cm³/mol. The third-order valence-corrected chi connectivity index (χ3v) is 1.50. The normalized spacial score (nSPS) is 12.1. The Labute approximate surface area is 68.9 Å². The molecule has 0 spiro atoms. The van der Waals surface area contributed by atoms with Gasteiger partial charge in [0.15, 0.2) is 0 Å². The average Bonchev–Trinajstić information content (AvgIpc) is 1.98. The zero-order valence-corrected chi connectivity index (χ0v) is 8.06. The minimum atomic E-state index is 0.911. The van der Waals surface area contributed by atoms with Crippen LogP contribution in [0.15, 0.2) is 16.5 Å². The van der Waals surface area contributed by atoms with E-state index in [1.54, 1.807) is 0 Å². The van der Waals surface area contributed by atoms with Gasteiger partial charge in [-0.1, -0.05) is 12.1 Å². The van der Waals surface area contributed by atoms with Crippen LogP contribution < -0.4 is 0 Å².